The van der Waals surface area contributed by atoms with Crippen LogP contribution >= 0.6 is 15.9 Å². The van der Waals surface area contributed by atoms with Crippen molar-refractivity contribution in [1.82, 2.24) is 0 Å². The van der Waals surface area contributed by atoms with Crippen molar-refractivity contribution in [1.29, 1.82) is 0 Å². The van der Waals surface area contributed by atoms with Gasteiger partial charge in [-0.1, -0.05) is 45.4 Å². The van der Waals surface area contributed by atoms with E-state index in [1.807, 2.05) is 24.3 Å². The van der Waals surface area contributed by atoms with E-state index in [1.54, 1.807) is 0 Å². The summed E-state index contributed by atoms with van der Waals surface area (Å²) in [5, 5.41) is 3.71. The first-order valence-electron chi connectivity index (χ1n) is 5.50. The van der Waals surface area contributed by atoms with Gasteiger partial charge in [-0.2, -0.15) is 0 Å². The Morgan fingerprint density at radius 2 is 1.84 bits per heavy atom. The van der Waals surface area contributed by atoms with Crippen molar-refractivity contribution in [3.8, 4) is 0 Å². The zero-order valence-electron chi connectivity index (χ0n) is 9.82. The molecule has 0 bridgehead atoms. The van der Waals surface area contributed by atoms with E-state index in [9.17, 15) is 8.78 Å². The molecule has 2 rings (SSSR count). The van der Waals surface area contributed by atoms with Gasteiger partial charge in [0.25, 0.3) is 0 Å². The molecule has 0 heterocycles. The Morgan fingerprint density at radius 1 is 1.11 bits per heavy atom. The van der Waals surface area contributed by atoms with E-state index in [-0.39, 0.29) is 12.2 Å². The summed E-state index contributed by atoms with van der Waals surface area (Å²) in [4.78, 5) is 4.94. The quantitative estimate of drug-likeness (QED) is 0.607. The molecule has 0 unspecified atom stereocenters. The summed E-state index contributed by atoms with van der Waals surface area (Å²) >= 11 is 3.32. The highest BCUT2D eigenvalue weighted by atomic mass is 79.9. The van der Waals surface area contributed by atoms with Crippen molar-refractivity contribution >= 4 is 22.1 Å². The van der Waals surface area contributed by atoms with Crippen molar-refractivity contribution in [2.75, 3.05) is 0 Å². The molecule has 0 amide bonds. The first-order chi connectivity index (χ1) is 9.16. The summed E-state index contributed by atoms with van der Waals surface area (Å²) in [7, 11) is 0. The molecule has 5 heteroatoms. The summed E-state index contributed by atoms with van der Waals surface area (Å²) in [5.41, 5.74) is 0.982. The van der Waals surface area contributed by atoms with E-state index < -0.39 is 11.6 Å². The van der Waals surface area contributed by atoms with E-state index in [2.05, 4.69) is 21.1 Å². The number of hydrogen-bond donors (Lipinski definition) is 0. The molecule has 0 spiro atoms. The normalized spacial score (nSPS) is 10.9. The van der Waals surface area contributed by atoms with Gasteiger partial charge in [-0.15, -0.1) is 0 Å². The van der Waals surface area contributed by atoms with Crippen LogP contribution < -0.4 is 0 Å². The Hall–Kier alpha value is -1.75. The smallest absolute Gasteiger partial charge is 0.165 e. The summed E-state index contributed by atoms with van der Waals surface area (Å²) < 4.78 is 27.2. The molecule has 0 aliphatic heterocycles. The average molecular weight is 326 g/mol. The molecule has 0 fully saturated rings. The highest BCUT2D eigenvalue weighted by molar-refractivity contribution is 9.10. The molecule has 0 atom stereocenters. The van der Waals surface area contributed by atoms with Crippen molar-refractivity contribution in [3.05, 3.63) is 69.7 Å². The highest BCUT2D eigenvalue weighted by Gasteiger charge is 2.07. The Bertz CT molecular complexity index is 584. The van der Waals surface area contributed by atoms with Gasteiger partial charge in [0.1, 0.15) is 6.61 Å². The third-order valence-electron chi connectivity index (χ3n) is 2.40. The Labute approximate surface area is 117 Å². The minimum atomic E-state index is -0.902. The van der Waals surface area contributed by atoms with Crippen LogP contribution in [0.4, 0.5) is 8.78 Å². The van der Waals surface area contributed by atoms with E-state index in [1.165, 1.54) is 18.3 Å². The van der Waals surface area contributed by atoms with Crippen molar-refractivity contribution in [3.63, 3.8) is 0 Å². The second-order valence-corrected chi connectivity index (χ2v) is 4.69. The fraction of sp³-hybridized carbons (Fsp3) is 0.0714. The van der Waals surface area contributed by atoms with Gasteiger partial charge in [0.15, 0.2) is 11.6 Å². The van der Waals surface area contributed by atoms with Crippen LogP contribution in [0.1, 0.15) is 11.1 Å². The van der Waals surface area contributed by atoms with Crippen LogP contribution in [0.2, 0.25) is 0 Å². The topological polar surface area (TPSA) is 21.6 Å². The Morgan fingerprint density at radius 3 is 2.58 bits per heavy atom. The van der Waals surface area contributed by atoms with Crippen LogP contribution in [0.15, 0.2) is 52.1 Å². The van der Waals surface area contributed by atoms with Crippen LogP contribution in [-0.2, 0) is 11.4 Å². The average Bonchev–Trinajstić information content (AvgIpc) is 2.41. The second-order valence-electron chi connectivity index (χ2n) is 3.77. The minimum Gasteiger partial charge on any atom is -0.391 e. The van der Waals surface area contributed by atoms with Gasteiger partial charge in [-0.05, 0) is 23.8 Å². The van der Waals surface area contributed by atoms with Crippen LogP contribution in [0.3, 0.4) is 0 Å². The van der Waals surface area contributed by atoms with Crippen molar-refractivity contribution < 1.29 is 13.6 Å². The number of halogens is 3. The maximum Gasteiger partial charge on any atom is 0.165 e. The number of rotatable bonds is 4. The molecule has 0 saturated carbocycles. The molecule has 0 radical (unpaired) electrons. The molecule has 0 aromatic heterocycles. The first-order valence-corrected chi connectivity index (χ1v) is 6.30. The monoisotopic (exact) mass is 325 g/mol. The van der Waals surface area contributed by atoms with Gasteiger partial charge in [-0.25, -0.2) is 8.78 Å². The first kappa shape index (κ1) is 13.7. The van der Waals surface area contributed by atoms with Gasteiger partial charge in [-0.3, -0.25) is 0 Å². The molecule has 0 aliphatic rings. The fourth-order valence-corrected chi connectivity index (χ4v) is 1.68. The summed E-state index contributed by atoms with van der Waals surface area (Å²) in [6.45, 7) is -0.114. The molecule has 0 N–H and O–H groups in total. The Kier molecular flexibility index (Phi) is 4.63. The van der Waals surface area contributed by atoms with E-state index >= 15 is 0 Å². The summed E-state index contributed by atoms with van der Waals surface area (Å²) in [5.74, 6) is -1.79. The highest BCUT2D eigenvalue weighted by Crippen LogP contribution is 2.12. The lowest BCUT2D eigenvalue weighted by molar-refractivity contribution is 0.129. The van der Waals surface area contributed by atoms with Gasteiger partial charge >= 0.3 is 0 Å². The Balaban J connectivity index is 1.93. The lowest BCUT2D eigenvalue weighted by atomic mass is 10.2. The van der Waals surface area contributed by atoms with E-state index in [4.69, 9.17) is 4.84 Å². The van der Waals surface area contributed by atoms with Gasteiger partial charge < -0.3 is 4.84 Å². The van der Waals surface area contributed by atoms with Gasteiger partial charge in [0, 0.05) is 10.0 Å². The lowest BCUT2D eigenvalue weighted by Crippen LogP contribution is -1.95. The van der Waals surface area contributed by atoms with E-state index in [0.29, 0.717) is 0 Å². The van der Waals surface area contributed by atoms with Crippen LogP contribution in [0.5, 0.6) is 0 Å². The summed E-state index contributed by atoms with van der Waals surface area (Å²) in [6.07, 6.45) is 1.50. The van der Waals surface area contributed by atoms with Gasteiger partial charge in [0.2, 0.25) is 0 Å². The zero-order chi connectivity index (χ0) is 13.7. The molecule has 0 saturated heterocycles. The number of oxime groups is 1. The minimum absolute atomic E-state index is 0.114. The standard InChI is InChI=1S/C14H10BrF2NO/c15-12-6-4-10(5-7-12)8-18-19-9-11-2-1-3-13(16)14(11)17/h1-8H,9H2. The SMILES string of the molecule is Fc1cccc(CON=Cc2ccc(Br)cc2)c1F. The predicted octanol–water partition coefficient (Wildman–Crippen LogP) is 4.28. The maximum atomic E-state index is 13.3. The van der Waals surface area contributed by atoms with Crippen LogP contribution in [0, 0.1) is 11.6 Å². The molecule has 2 aromatic carbocycles. The van der Waals surface area contributed by atoms with Crippen LogP contribution in [0.25, 0.3) is 0 Å². The molecule has 0 aliphatic carbocycles. The maximum absolute atomic E-state index is 13.3. The predicted molar refractivity (Wildman–Crippen MR) is 72.9 cm³/mol. The van der Waals surface area contributed by atoms with Gasteiger partial charge in [0.05, 0.1) is 6.21 Å². The third kappa shape index (κ3) is 3.86. The zero-order valence-corrected chi connectivity index (χ0v) is 11.4. The number of benzene rings is 2. The van der Waals surface area contributed by atoms with E-state index in [0.717, 1.165) is 16.1 Å². The molecule has 98 valence electrons. The molecule has 19 heavy (non-hydrogen) atoms. The number of nitrogens with zero attached hydrogens (tertiary/aromatic N) is 1. The second kappa shape index (κ2) is 6.43. The third-order valence-corrected chi connectivity index (χ3v) is 2.93. The molecule has 2 aromatic rings. The van der Waals surface area contributed by atoms with Crippen molar-refractivity contribution in [2.24, 2.45) is 5.16 Å². The molecular formula is C14H10BrF2NO. The number of hydrogen-bond acceptors (Lipinski definition) is 2. The molecular weight excluding hydrogens is 316 g/mol. The summed E-state index contributed by atoms with van der Waals surface area (Å²) in [6, 6.07) is 11.4. The molecule has 2 nitrogen and oxygen atoms in total. The largest absolute Gasteiger partial charge is 0.391 e. The fourth-order valence-electron chi connectivity index (χ4n) is 1.41. The van der Waals surface area contributed by atoms with Crippen LogP contribution in [-0.4, -0.2) is 6.21 Å². The van der Waals surface area contributed by atoms with Crippen molar-refractivity contribution in [2.45, 2.75) is 6.61 Å². The lowest BCUT2D eigenvalue weighted by Gasteiger charge is -2.02.